The lowest BCUT2D eigenvalue weighted by molar-refractivity contribution is 0.0748. The fourth-order valence-electron chi connectivity index (χ4n) is 4.09. The number of fused-ring (bicyclic) bond motifs is 2. The zero-order chi connectivity index (χ0) is 21.4. The maximum Gasteiger partial charge on any atom is 0.291 e. The third-order valence-electron chi connectivity index (χ3n) is 5.30. The summed E-state index contributed by atoms with van der Waals surface area (Å²) in [4.78, 5) is 28.3. The highest BCUT2D eigenvalue weighted by Crippen LogP contribution is 2.38. The van der Waals surface area contributed by atoms with Crippen molar-refractivity contribution in [2.75, 3.05) is 13.2 Å². The summed E-state index contributed by atoms with van der Waals surface area (Å²) in [6.45, 7) is 11.9. The molecule has 0 aliphatic carbocycles. The molecule has 0 radical (unpaired) electrons. The van der Waals surface area contributed by atoms with Gasteiger partial charge in [-0.2, -0.15) is 0 Å². The van der Waals surface area contributed by atoms with Crippen LogP contribution >= 0.6 is 0 Å². The van der Waals surface area contributed by atoms with Crippen LogP contribution in [0.25, 0.3) is 11.0 Å². The number of amides is 1. The van der Waals surface area contributed by atoms with Crippen LogP contribution in [0.15, 0.2) is 70.9 Å². The van der Waals surface area contributed by atoms with Crippen LogP contribution in [0.1, 0.15) is 38.9 Å². The van der Waals surface area contributed by atoms with Crippen LogP contribution in [0.5, 0.6) is 5.75 Å². The molecule has 5 heteroatoms. The van der Waals surface area contributed by atoms with Gasteiger partial charge in [-0.05, 0) is 48.7 Å². The molecule has 0 fully saturated rings. The first-order valence-corrected chi connectivity index (χ1v) is 9.79. The highest BCUT2D eigenvalue weighted by atomic mass is 16.5. The SMILES string of the molecule is C=CCOc1ccc(C2c3c(oc4cc(C)cc(C)c4c3=O)C(=O)N2CC=C)cc1. The molecule has 152 valence electrons. The van der Waals surface area contributed by atoms with Crippen molar-refractivity contribution in [2.24, 2.45) is 0 Å². The lowest BCUT2D eigenvalue weighted by Crippen LogP contribution is -2.29. The fraction of sp³-hybridized carbons (Fsp3) is 0.200. The van der Waals surface area contributed by atoms with Gasteiger partial charge in [-0.3, -0.25) is 9.59 Å². The molecule has 0 saturated heterocycles. The molecule has 1 aromatic heterocycles. The number of hydrogen-bond donors (Lipinski definition) is 0. The Labute approximate surface area is 174 Å². The summed E-state index contributed by atoms with van der Waals surface area (Å²) in [6, 6.07) is 10.6. The Morgan fingerprint density at radius 2 is 1.83 bits per heavy atom. The van der Waals surface area contributed by atoms with E-state index in [2.05, 4.69) is 13.2 Å². The highest BCUT2D eigenvalue weighted by Gasteiger charge is 2.42. The molecule has 0 bridgehead atoms. The summed E-state index contributed by atoms with van der Waals surface area (Å²) in [5.41, 5.74) is 3.27. The van der Waals surface area contributed by atoms with Gasteiger partial charge >= 0.3 is 0 Å². The first-order chi connectivity index (χ1) is 14.5. The first kappa shape index (κ1) is 19.7. The molecular formula is C25H23NO4. The number of hydrogen-bond acceptors (Lipinski definition) is 4. The maximum atomic E-state index is 13.5. The number of nitrogens with zero attached hydrogens (tertiary/aromatic N) is 1. The van der Waals surface area contributed by atoms with Crippen molar-refractivity contribution in [2.45, 2.75) is 19.9 Å². The summed E-state index contributed by atoms with van der Waals surface area (Å²) in [5, 5.41) is 0.517. The minimum Gasteiger partial charge on any atom is -0.490 e. The molecule has 0 saturated carbocycles. The number of benzene rings is 2. The highest BCUT2D eigenvalue weighted by molar-refractivity contribution is 5.99. The Morgan fingerprint density at radius 1 is 1.10 bits per heavy atom. The predicted molar refractivity (Wildman–Crippen MR) is 117 cm³/mol. The van der Waals surface area contributed by atoms with Crippen LogP contribution in [0, 0.1) is 13.8 Å². The molecule has 2 heterocycles. The van der Waals surface area contributed by atoms with Gasteiger partial charge in [0.15, 0.2) is 5.43 Å². The first-order valence-electron chi connectivity index (χ1n) is 9.79. The molecule has 2 aromatic carbocycles. The number of aryl methyl sites for hydroxylation is 2. The van der Waals surface area contributed by atoms with E-state index in [0.29, 0.717) is 35.4 Å². The van der Waals surface area contributed by atoms with E-state index >= 15 is 0 Å². The normalized spacial score (nSPS) is 15.3. The average Bonchev–Trinajstić information content (AvgIpc) is 2.99. The van der Waals surface area contributed by atoms with Gasteiger partial charge in [-0.15, -0.1) is 6.58 Å². The van der Waals surface area contributed by atoms with E-state index in [0.717, 1.165) is 16.7 Å². The van der Waals surface area contributed by atoms with Crippen LogP contribution in [0.4, 0.5) is 0 Å². The molecule has 0 spiro atoms. The number of rotatable bonds is 6. The van der Waals surface area contributed by atoms with E-state index in [9.17, 15) is 9.59 Å². The number of ether oxygens (including phenoxy) is 1. The second-order valence-corrected chi connectivity index (χ2v) is 7.45. The summed E-state index contributed by atoms with van der Waals surface area (Å²) in [6.07, 6.45) is 3.32. The minimum atomic E-state index is -0.541. The molecule has 1 atom stereocenters. The standard InChI is InChI=1S/C25H23NO4/c1-5-11-26-22(17-7-9-18(10-8-17)29-12-6-2)21-23(27)20-16(4)13-15(3)14-19(20)30-24(21)25(26)28/h5-10,13-14,22H,1-2,11-12H2,3-4H3. The van der Waals surface area contributed by atoms with Gasteiger partial charge in [0.1, 0.15) is 17.9 Å². The topological polar surface area (TPSA) is 59.8 Å². The molecule has 1 aliphatic rings. The van der Waals surface area contributed by atoms with E-state index in [-0.39, 0.29) is 17.1 Å². The van der Waals surface area contributed by atoms with Crippen molar-refractivity contribution < 1.29 is 13.9 Å². The smallest absolute Gasteiger partial charge is 0.291 e. The van der Waals surface area contributed by atoms with Gasteiger partial charge in [0, 0.05) is 6.54 Å². The predicted octanol–water partition coefficient (Wildman–Crippen LogP) is 4.71. The summed E-state index contributed by atoms with van der Waals surface area (Å²) in [5.74, 6) is 0.492. The Morgan fingerprint density at radius 3 is 2.50 bits per heavy atom. The third kappa shape index (κ3) is 3.12. The van der Waals surface area contributed by atoms with Gasteiger partial charge in [-0.25, -0.2) is 0 Å². The van der Waals surface area contributed by atoms with E-state index in [4.69, 9.17) is 9.15 Å². The van der Waals surface area contributed by atoms with E-state index in [1.807, 2.05) is 44.2 Å². The van der Waals surface area contributed by atoms with E-state index < -0.39 is 6.04 Å². The van der Waals surface area contributed by atoms with Gasteiger partial charge < -0.3 is 14.1 Å². The fourth-order valence-corrected chi connectivity index (χ4v) is 4.09. The molecule has 30 heavy (non-hydrogen) atoms. The second-order valence-electron chi connectivity index (χ2n) is 7.45. The largest absolute Gasteiger partial charge is 0.490 e. The molecule has 0 N–H and O–H groups in total. The van der Waals surface area contributed by atoms with Crippen LogP contribution in [-0.2, 0) is 0 Å². The Kier molecular flexibility index (Phi) is 5.04. The monoisotopic (exact) mass is 401 g/mol. The number of carbonyl (C=O) groups excluding carboxylic acids is 1. The summed E-state index contributed by atoms with van der Waals surface area (Å²) >= 11 is 0. The van der Waals surface area contributed by atoms with E-state index in [1.165, 1.54) is 0 Å². The molecule has 3 aromatic rings. The van der Waals surface area contributed by atoms with Gasteiger partial charge in [-0.1, -0.05) is 36.9 Å². The second kappa shape index (κ2) is 7.67. The third-order valence-corrected chi connectivity index (χ3v) is 5.30. The van der Waals surface area contributed by atoms with Crippen molar-refractivity contribution >= 4 is 16.9 Å². The van der Waals surface area contributed by atoms with Crippen LogP contribution in [0.2, 0.25) is 0 Å². The lowest BCUT2D eigenvalue weighted by Gasteiger charge is -2.24. The van der Waals surface area contributed by atoms with Crippen molar-refractivity contribution in [1.29, 1.82) is 0 Å². The van der Waals surface area contributed by atoms with Crippen molar-refractivity contribution in [1.82, 2.24) is 4.90 Å². The van der Waals surface area contributed by atoms with Gasteiger partial charge in [0.25, 0.3) is 5.91 Å². The summed E-state index contributed by atoms with van der Waals surface area (Å²) < 4.78 is 11.6. The zero-order valence-electron chi connectivity index (χ0n) is 17.1. The van der Waals surface area contributed by atoms with Crippen LogP contribution in [-0.4, -0.2) is 24.0 Å². The lowest BCUT2D eigenvalue weighted by atomic mass is 9.97. The average molecular weight is 401 g/mol. The van der Waals surface area contributed by atoms with Crippen molar-refractivity contribution in [3.05, 3.63) is 99.9 Å². The summed E-state index contributed by atoms with van der Waals surface area (Å²) in [7, 11) is 0. The zero-order valence-corrected chi connectivity index (χ0v) is 17.1. The van der Waals surface area contributed by atoms with Gasteiger partial charge in [0.2, 0.25) is 5.76 Å². The molecule has 1 aliphatic heterocycles. The Balaban J connectivity index is 1.92. The number of carbonyl (C=O) groups is 1. The van der Waals surface area contributed by atoms with E-state index in [1.54, 1.807) is 23.1 Å². The quantitative estimate of drug-likeness (QED) is 0.562. The molecule has 1 amide bonds. The van der Waals surface area contributed by atoms with Crippen LogP contribution in [0.3, 0.4) is 0 Å². The Bertz CT molecular complexity index is 1220. The van der Waals surface area contributed by atoms with Crippen LogP contribution < -0.4 is 10.2 Å². The van der Waals surface area contributed by atoms with Crippen molar-refractivity contribution in [3.63, 3.8) is 0 Å². The minimum absolute atomic E-state index is 0.108. The van der Waals surface area contributed by atoms with Crippen molar-refractivity contribution in [3.8, 4) is 5.75 Å². The molecule has 5 nitrogen and oxygen atoms in total. The molecule has 4 rings (SSSR count). The molecular weight excluding hydrogens is 378 g/mol. The maximum absolute atomic E-state index is 13.5. The van der Waals surface area contributed by atoms with Gasteiger partial charge in [0.05, 0.1) is 17.0 Å². The molecule has 1 unspecified atom stereocenters. The Hall–Kier alpha value is -3.60.